The Kier molecular flexibility index (Phi) is 3.16. The first-order valence-corrected chi connectivity index (χ1v) is 7.30. The molecule has 3 rings (SSSR count). The van der Waals surface area contributed by atoms with Gasteiger partial charge in [0.25, 0.3) is 0 Å². The van der Waals surface area contributed by atoms with Gasteiger partial charge in [0.15, 0.2) is 0 Å². The van der Waals surface area contributed by atoms with Gasteiger partial charge in [-0.2, -0.15) is 0 Å². The Balaban J connectivity index is 1.89. The van der Waals surface area contributed by atoms with E-state index in [1.807, 2.05) is 18.3 Å². The van der Waals surface area contributed by atoms with E-state index in [2.05, 4.69) is 50.3 Å². The van der Waals surface area contributed by atoms with E-state index in [-0.39, 0.29) is 0 Å². The summed E-state index contributed by atoms with van der Waals surface area (Å²) in [6.45, 7) is 6.86. The highest BCUT2D eigenvalue weighted by molar-refractivity contribution is 9.10. The number of aromatic nitrogens is 2. The van der Waals surface area contributed by atoms with Crippen LogP contribution < -0.4 is 0 Å². The lowest BCUT2D eigenvalue weighted by Gasteiger charge is -2.22. The highest BCUT2D eigenvalue weighted by Crippen LogP contribution is 2.25. The first kappa shape index (κ1) is 12.2. The zero-order valence-electron chi connectivity index (χ0n) is 10.8. The van der Waals surface area contributed by atoms with Gasteiger partial charge in [-0.1, -0.05) is 6.92 Å². The number of hydrogen-bond donors (Lipinski definition) is 0. The lowest BCUT2D eigenvalue weighted by atomic mass is 10.1. The van der Waals surface area contributed by atoms with Crippen LogP contribution in [0, 0.1) is 5.92 Å². The van der Waals surface area contributed by atoms with Gasteiger partial charge in [0, 0.05) is 23.3 Å². The van der Waals surface area contributed by atoms with Crippen molar-refractivity contribution in [2.45, 2.75) is 32.9 Å². The van der Waals surface area contributed by atoms with Crippen molar-refractivity contribution in [3.8, 4) is 0 Å². The minimum Gasteiger partial charge on any atom is -0.302 e. The van der Waals surface area contributed by atoms with Gasteiger partial charge in [0.1, 0.15) is 5.65 Å². The largest absolute Gasteiger partial charge is 0.302 e. The van der Waals surface area contributed by atoms with E-state index in [1.54, 1.807) is 0 Å². The third kappa shape index (κ3) is 2.08. The number of likely N-dealkylation sites (tertiary alicyclic amines) is 1. The van der Waals surface area contributed by atoms with Crippen LogP contribution in [0.15, 0.2) is 29.0 Å². The molecule has 96 valence electrons. The fourth-order valence-electron chi connectivity index (χ4n) is 2.73. The molecule has 18 heavy (non-hydrogen) atoms. The molecule has 1 fully saturated rings. The van der Waals surface area contributed by atoms with Crippen LogP contribution in [0.2, 0.25) is 0 Å². The normalized spacial score (nSPS) is 25.1. The molecule has 1 aliphatic rings. The topological polar surface area (TPSA) is 20.5 Å². The number of nitrogens with zero attached hydrogens (tertiary/aromatic N) is 3. The number of pyridine rings is 1. The maximum Gasteiger partial charge on any atom is 0.136 e. The van der Waals surface area contributed by atoms with Gasteiger partial charge in [0.05, 0.1) is 11.9 Å². The molecule has 1 aliphatic heterocycles. The summed E-state index contributed by atoms with van der Waals surface area (Å²) in [7, 11) is 0. The molecule has 0 unspecified atom stereocenters. The molecule has 2 aromatic heterocycles. The van der Waals surface area contributed by atoms with E-state index in [1.165, 1.54) is 18.7 Å². The quantitative estimate of drug-likeness (QED) is 0.848. The maximum atomic E-state index is 4.46. The molecular weight excluding hydrogens is 290 g/mol. The predicted octanol–water partition coefficient (Wildman–Crippen LogP) is 3.33. The van der Waals surface area contributed by atoms with Crippen LogP contribution in [-0.2, 0) is 6.54 Å². The second-order valence-corrected chi connectivity index (χ2v) is 6.22. The van der Waals surface area contributed by atoms with Crippen molar-refractivity contribution in [2.75, 3.05) is 6.54 Å². The minimum absolute atomic E-state index is 0.669. The van der Waals surface area contributed by atoms with Crippen molar-refractivity contribution >= 4 is 21.6 Å². The van der Waals surface area contributed by atoms with Gasteiger partial charge in [-0.15, -0.1) is 0 Å². The minimum atomic E-state index is 0.669. The molecule has 1 saturated heterocycles. The average molecular weight is 308 g/mol. The van der Waals surface area contributed by atoms with Gasteiger partial charge in [-0.05, 0) is 53.9 Å². The van der Waals surface area contributed by atoms with E-state index < -0.39 is 0 Å². The molecule has 3 heterocycles. The smallest absolute Gasteiger partial charge is 0.136 e. The van der Waals surface area contributed by atoms with Crippen LogP contribution >= 0.6 is 15.9 Å². The van der Waals surface area contributed by atoms with Crippen LogP contribution in [0.1, 0.15) is 26.0 Å². The zero-order valence-corrected chi connectivity index (χ0v) is 12.4. The van der Waals surface area contributed by atoms with Crippen LogP contribution in [0.25, 0.3) is 5.65 Å². The lowest BCUT2D eigenvalue weighted by Crippen LogP contribution is -2.29. The Hall–Kier alpha value is -0.870. The van der Waals surface area contributed by atoms with Crippen LogP contribution in [0.4, 0.5) is 0 Å². The van der Waals surface area contributed by atoms with Crippen LogP contribution in [0.5, 0.6) is 0 Å². The van der Waals surface area contributed by atoms with Gasteiger partial charge >= 0.3 is 0 Å². The van der Waals surface area contributed by atoms with E-state index in [0.29, 0.717) is 6.04 Å². The van der Waals surface area contributed by atoms with Crippen molar-refractivity contribution in [1.29, 1.82) is 0 Å². The van der Waals surface area contributed by atoms with Crippen molar-refractivity contribution in [3.05, 3.63) is 34.7 Å². The fourth-order valence-corrected chi connectivity index (χ4v) is 3.06. The van der Waals surface area contributed by atoms with Gasteiger partial charge < -0.3 is 4.40 Å². The summed E-state index contributed by atoms with van der Waals surface area (Å²) in [6, 6.07) is 4.75. The van der Waals surface area contributed by atoms with Crippen molar-refractivity contribution < 1.29 is 0 Å². The first-order valence-electron chi connectivity index (χ1n) is 6.50. The van der Waals surface area contributed by atoms with Gasteiger partial charge in [0.2, 0.25) is 0 Å². The second kappa shape index (κ2) is 4.67. The average Bonchev–Trinajstić information content (AvgIpc) is 2.88. The van der Waals surface area contributed by atoms with Crippen molar-refractivity contribution in [1.82, 2.24) is 14.3 Å². The molecule has 0 aromatic carbocycles. The summed E-state index contributed by atoms with van der Waals surface area (Å²) in [5.41, 5.74) is 2.29. The molecule has 2 atom stereocenters. The molecule has 0 spiro atoms. The monoisotopic (exact) mass is 307 g/mol. The summed E-state index contributed by atoms with van der Waals surface area (Å²) in [5.74, 6) is 0.802. The van der Waals surface area contributed by atoms with E-state index >= 15 is 0 Å². The van der Waals surface area contributed by atoms with Gasteiger partial charge in [-0.25, -0.2) is 4.98 Å². The lowest BCUT2D eigenvalue weighted by molar-refractivity contribution is 0.236. The highest BCUT2D eigenvalue weighted by Gasteiger charge is 2.27. The van der Waals surface area contributed by atoms with E-state index in [0.717, 1.165) is 22.6 Å². The summed E-state index contributed by atoms with van der Waals surface area (Å²) in [4.78, 5) is 7.01. The van der Waals surface area contributed by atoms with Crippen LogP contribution in [0.3, 0.4) is 0 Å². The Morgan fingerprint density at radius 2 is 2.22 bits per heavy atom. The fraction of sp³-hybridized carbons (Fsp3) is 0.500. The van der Waals surface area contributed by atoms with Crippen molar-refractivity contribution in [2.24, 2.45) is 5.92 Å². The predicted molar refractivity (Wildman–Crippen MR) is 76.5 cm³/mol. The Labute approximate surface area is 116 Å². The Morgan fingerprint density at radius 3 is 2.94 bits per heavy atom. The molecule has 2 aromatic rings. The molecule has 0 radical (unpaired) electrons. The number of rotatable bonds is 2. The summed E-state index contributed by atoms with van der Waals surface area (Å²) in [5, 5.41) is 0. The molecule has 0 N–H and O–H groups in total. The number of fused-ring (bicyclic) bond motifs is 1. The molecule has 0 aliphatic carbocycles. The SMILES string of the molecule is C[C@@H]1[C@@H](C)CCN1Cc1cnc2ccc(Br)cn12. The Morgan fingerprint density at radius 1 is 1.39 bits per heavy atom. The molecular formula is C14H18BrN3. The van der Waals surface area contributed by atoms with Gasteiger partial charge in [-0.3, -0.25) is 4.90 Å². The first-order chi connectivity index (χ1) is 8.65. The zero-order chi connectivity index (χ0) is 12.7. The number of imidazole rings is 1. The highest BCUT2D eigenvalue weighted by atomic mass is 79.9. The summed E-state index contributed by atoms with van der Waals surface area (Å²) < 4.78 is 3.27. The summed E-state index contributed by atoms with van der Waals surface area (Å²) in [6.07, 6.45) is 5.40. The number of halogens is 1. The standard InChI is InChI=1S/C14H18BrN3/c1-10-5-6-17(11(10)2)9-13-7-16-14-4-3-12(15)8-18(13)14/h3-4,7-8,10-11H,5-6,9H2,1-2H3/t10-,11+/m0/s1. The Bertz CT molecular complexity index is 563. The molecule has 0 bridgehead atoms. The van der Waals surface area contributed by atoms with Crippen molar-refractivity contribution in [3.63, 3.8) is 0 Å². The number of hydrogen-bond acceptors (Lipinski definition) is 2. The summed E-state index contributed by atoms with van der Waals surface area (Å²) >= 11 is 3.52. The van der Waals surface area contributed by atoms with E-state index in [4.69, 9.17) is 0 Å². The van der Waals surface area contributed by atoms with Crippen LogP contribution in [-0.4, -0.2) is 26.9 Å². The molecule has 0 amide bonds. The second-order valence-electron chi connectivity index (χ2n) is 5.30. The maximum absolute atomic E-state index is 4.46. The molecule has 4 heteroatoms. The third-order valence-corrected chi connectivity index (χ3v) is 4.65. The van der Waals surface area contributed by atoms with E-state index in [9.17, 15) is 0 Å². The molecule has 3 nitrogen and oxygen atoms in total. The molecule has 0 saturated carbocycles. The third-order valence-electron chi connectivity index (χ3n) is 4.18.